The van der Waals surface area contributed by atoms with Crippen molar-refractivity contribution in [1.82, 2.24) is 14.9 Å². The van der Waals surface area contributed by atoms with Crippen LogP contribution in [0, 0.1) is 0 Å². The topological polar surface area (TPSA) is 32.3 Å². The van der Waals surface area contributed by atoms with Gasteiger partial charge in [0.25, 0.3) is 0 Å². The Balaban J connectivity index is 1.79. The summed E-state index contributed by atoms with van der Waals surface area (Å²) in [5, 5.41) is 0. The van der Waals surface area contributed by atoms with Gasteiger partial charge >= 0.3 is 6.18 Å². The van der Waals surface area contributed by atoms with Crippen LogP contribution in [0.15, 0.2) is 12.4 Å². The molecule has 0 radical (unpaired) electrons. The number of halogens is 3. The number of rotatable bonds is 6. The summed E-state index contributed by atoms with van der Waals surface area (Å²) in [5.74, 6) is 0.388. The van der Waals surface area contributed by atoms with Crippen LogP contribution in [-0.2, 0) is 6.18 Å². The molecule has 1 aliphatic heterocycles. The van der Waals surface area contributed by atoms with E-state index in [4.69, 9.17) is 0 Å². The van der Waals surface area contributed by atoms with E-state index in [1.54, 1.807) is 0 Å². The second kappa shape index (κ2) is 7.76. The molecule has 0 aromatic carbocycles. The van der Waals surface area contributed by atoms with E-state index in [-0.39, 0.29) is 0 Å². The predicted octanol–water partition coefficient (Wildman–Crippen LogP) is 3.20. The smallest absolute Gasteiger partial charge is 0.338 e. The number of anilines is 1. The molecule has 0 spiro atoms. The van der Waals surface area contributed by atoms with Crippen LogP contribution in [0.4, 0.5) is 19.1 Å². The molecule has 0 saturated carbocycles. The van der Waals surface area contributed by atoms with Crippen LogP contribution in [0.1, 0.15) is 38.2 Å². The molecule has 124 valence electrons. The Bertz CT molecular complexity index is 439. The second-order valence-electron chi connectivity index (χ2n) is 5.66. The van der Waals surface area contributed by atoms with Crippen LogP contribution in [0.3, 0.4) is 0 Å². The zero-order chi connectivity index (χ0) is 16.0. The predicted molar refractivity (Wildman–Crippen MR) is 79.8 cm³/mol. The van der Waals surface area contributed by atoms with E-state index in [9.17, 15) is 13.2 Å². The standard InChI is InChI=1S/C15H23F3N4/c1-2-3-4-5-6-21-7-9-22(10-8-21)14-19-11-13(12-20-14)15(16,17)18/h11-12H,2-10H2,1H3. The van der Waals surface area contributed by atoms with E-state index >= 15 is 0 Å². The molecule has 0 bridgehead atoms. The van der Waals surface area contributed by atoms with E-state index in [0.717, 1.165) is 45.1 Å². The number of alkyl halides is 3. The number of aromatic nitrogens is 2. The summed E-state index contributed by atoms with van der Waals surface area (Å²) in [6, 6.07) is 0. The Hall–Kier alpha value is -1.37. The Labute approximate surface area is 129 Å². The maximum Gasteiger partial charge on any atom is 0.419 e. The molecule has 1 aromatic heterocycles. The molecule has 1 saturated heterocycles. The van der Waals surface area contributed by atoms with Crippen molar-refractivity contribution in [2.75, 3.05) is 37.6 Å². The van der Waals surface area contributed by atoms with Gasteiger partial charge in [-0.3, -0.25) is 4.90 Å². The molecule has 1 aliphatic rings. The van der Waals surface area contributed by atoms with Crippen LogP contribution >= 0.6 is 0 Å². The average Bonchev–Trinajstić information content (AvgIpc) is 2.51. The monoisotopic (exact) mass is 316 g/mol. The molecule has 2 rings (SSSR count). The normalized spacial score (nSPS) is 17.0. The molecular formula is C15H23F3N4. The van der Waals surface area contributed by atoms with E-state index in [1.165, 1.54) is 25.7 Å². The van der Waals surface area contributed by atoms with Gasteiger partial charge in [0, 0.05) is 38.6 Å². The van der Waals surface area contributed by atoms with Crippen LogP contribution in [-0.4, -0.2) is 47.6 Å². The first-order chi connectivity index (χ1) is 10.5. The highest BCUT2D eigenvalue weighted by Gasteiger charge is 2.31. The molecule has 7 heteroatoms. The molecule has 4 nitrogen and oxygen atoms in total. The van der Waals surface area contributed by atoms with E-state index < -0.39 is 11.7 Å². The van der Waals surface area contributed by atoms with Crippen molar-refractivity contribution in [3.05, 3.63) is 18.0 Å². The fourth-order valence-corrected chi connectivity index (χ4v) is 2.56. The lowest BCUT2D eigenvalue weighted by Crippen LogP contribution is -2.47. The fourth-order valence-electron chi connectivity index (χ4n) is 2.56. The third kappa shape index (κ3) is 4.83. The van der Waals surface area contributed by atoms with Gasteiger partial charge in [0.15, 0.2) is 0 Å². The molecule has 2 heterocycles. The number of hydrogen-bond acceptors (Lipinski definition) is 4. The summed E-state index contributed by atoms with van der Waals surface area (Å²) in [6.45, 7) is 6.65. The number of piperazine rings is 1. The van der Waals surface area contributed by atoms with Crippen LogP contribution in [0.25, 0.3) is 0 Å². The van der Waals surface area contributed by atoms with Crippen molar-refractivity contribution < 1.29 is 13.2 Å². The first kappa shape index (κ1) is 17.0. The van der Waals surface area contributed by atoms with Crippen molar-refractivity contribution in [3.63, 3.8) is 0 Å². The van der Waals surface area contributed by atoms with Gasteiger partial charge in [-0.05, 0) is 13.0 Å². The summed E-state index contributed by atoms with van der Waals surface area (Å²) in [4.78, 5) is 12.1. The van der Waals surface area contributed by atoms with E-state index in [2.05, 4.69) is 21.8 Å². The Morgan fingerprint density at radius 2 is 1.64 bits per heavy atom. The lowest BCUT2D eigenvalue weighted by molar-refractivity contribution is -0.138. The summed E-state index contributed by atoms with van der Waals surface area (Å²) in [6.07, 6.45) is 2.33. The highest BCUT2D eigenvalue weighted by Crippen LogP contribution is 2.28. The molecule has 0 amide bonds. The van der Waals surface area contributed by atoms with Crippen molar-refractivity contribution >= 4 is 5.95 Å². The Morgan fingerprint density at radius 1 is 1.00 bits per heavy atom. The number of hydrogen-bond donors (Lipinski definition) is 0. The minimum atomic E-state index is -4.38. The van der Waals surface area contributed by atoms with Gasteiger partial charge in [-0.25, -0.2) is 9.97 Å². The fraction of sp³-hybridized carbons (Fsp3) is 0.733. The van der Waals surface area contributed by atoms with E-state index in [1.807, 2.05) is 4.90 Å². The third-order valence-corrected chi connectivity index (χ3v) is 3.95. The van der Waals surface area contributed by atoms with Crippen molar-refractivity contribution in [2.45, 2.75) is 38.8 Å². The molecule has 0 atom stereocenters. The first-order valence-corrected chi connectivity index (χ1v) is 7.87. The van der Waals surface area contributed by atoms with Crippen LogP contribution < -0.4 is 4.90 Å². The van der Waals surface area contributed by atoms with Crippen molar-refractivity contribution in [3.8, 4) is 0 Å². The highest BCUT2D eigenvalue weighted by molar-refractivity contribution is 5.31. The summed E-state index contributed by atoms with van der Waals surface area (Å²) in [7, 11) is 0. The van der Waals surface area contributed by atoms with Crippen molar-refractivity contribution in [2.24, 2.45) is 0 Å². The summed E-state index contributed by atoms with van der Waals surface area (Å²) >= 11 is 0. The van der Waals surface area contributed by atoms with Gasteiger partial charge in [-0.15, -0.1) is 0 Å². The second-order valence-corrected chi connectivity index (χ2v) is 5.66. The number of unbranched alkanes of at least 4 members (excludes halogenated alkanes) is 3. The minimum Gasteiger partial charge on any atom is -0.338 e. The molecule has 1 aromatic rings. The molecule has 0 unspecified atom stereocenters. The Morgan fingerprint density at radius 3 is 2.18 bits per heavy atom. The SMILES string of the molecule is CCCCCCN1CCN(c2ncc(C(F)(F)F)cn2)CC1. The maximum absolute atomic E-state index is 12.5. The van der Waals surface area contributed by atoms with Crippen LogP contribution in [0.5, 0.6) is 0 Å². The zero-order valence-corrected chi connectivity index (χ0v) is 12.9. The average molecular weight is 316 g/mol. The van der Waals surface area contributed by atoms with Gasteiger partial charge < -0.3 is 4.90 Å². The first-order valence-electron chi connectivity index (χ1n) is 7.87. The zero-order valence-electron chi connectivity index (χ0n) is 12.9. The van der Waals surface area contributed by atoms with Gasteiger partial charge in [-0.1, -0.05) is 26.2 Å². The highest BCUT2D eigenvalue weighted by atomic mass is 19.4. The molecule has 1 fully saturated rings. The summed E-state index contributed by atoms with van der Waals surface area (Å²) in [5.41, 5.74) is -0.800. The van der Waals surface area contributed by atoms with Gasteiger partial charge in [0.2, 0.25) is 5.95 Å². The summed E-state index contributed by atoms with van der Waals surface area (Å²) < 4.78 is 37.5. The lowest BCUT2D eigenvalue weighted by Gasteiger charge is -2.34. The maximum atomic E-state index is 12.5. The Kier molecular flexibility index (Phi) is 5.99. The minimum absolute atomic E-state index is 0.388. The molecular weight excluding hydrogens is 293 g/mol. The van der Waals surface area contributed by atoms with Gasteiger partial charge in [-0.2, -0.15) is 13.2 Å². The van der Waals surface area contributed by atoms with Crippen molar-refractivity contribution in [1.29, 1.82) is 0 Å². The molecule has 22 heavy (non-hydrogen) atoms. The van der Waals surface area contributed by atoms with E-state index in [0.29, 0.717) is 5.95 Å². The molecule has 0 aliphatic carbocycles. The van der Waals surface area contributed by atoms with Gasteiger partial charge in [0.05, 0.1) is 5.56 Å². The number of nitrogens with zero attached hydrogens (tertiary/aromatic N) is 4. The van der Waals surface area contributed by atoms with Crippen LogP contribution in [0.2, 0.25) is 0 Å². The quantitative estimate of drug-likeness (QED) is 0.755. The third-order valence-electron chi connectivity index (χ3n) is 3.95. The molecule has 0 N–H and O–H groups in total. The van der Waals surface area contributed by atoms with Gasteiger partial charge in [0.1, 0.15) is 0 Å². The largest absolute Gasteiger partial charge is 0.419 e. The lowest BCUT2D eigenvalue weighted by atomic mass is 10.2.